The molecular weight excluding hydrogens is 374 g/mol. The van der Waals surface area contributed by atoms with Gasteiger partial charge in [-0.2, -0.15) is 0 Å². The predicted molar refractivity (Wildman–Crippen MR) is 120 cm³/mol. The normalized spacial score (nSPS) is 20.5. The van der Waals surface area contributed by atoms with Crippen molar-refractivity contribution >= 4 is 11.9 Å². The Kier molecular flexibility index (Phi) is 7.29. The molecule has 30 heavy (non-hydrogen) atoms. The molecule has 4 rings (SSSR count). The van der Waals surface area contributed by atoms with Crippen LogP contribution in [0.15, 0.2) is 42.7 Å². The average molecular weight is 408 g/mol. The van der Waals surface area contributed by atoms with Crippen molar-refractivity contribution in [3.63, 3.8) is 0 Å². The molecule has 1 amide bonds. The van der Waals surface area contributed by atoms with E-state index in [1.165, 1.54) is 38.8 Å². The number of benzene rings is 1. The highest BCUT2D eigenvalue weighted by Gasteiger charge is 2.27. The smallest absolute Gasteiger partial charge is 0.225 e. The summed E-state index contributed by atoms with van der Waals surface area (Å²) in [6.45, 7) is 5.65. The van der Waals surface area contributed by atoms with E-state index in [0.717, 1.165) is 49.6 Å². The standard InChI is InChI=1S/C24H33N5O/c30-23(25-12-16-28-13-6-1-2-7-14-28)21-11-8-15-29(19-21)24-26-17-22(18-27-24)20-9-4-3-5-10-20/h3-5,9-10,17-18,21H,1-2,6-8,11-16,19H2,(H,25,30). The lowest BCUT2D eigenvalue weighted by Gasteiger charge is -2.32. The number of rotatable bonds is 6. The molecule has 1 aromatic heterocycles. The van der Waals surface area contributed by atoms with E-state index in [4.69, 9.17) is 0 Å². The first kappa shape index (κ1) is 20.8. The van der Waals surface area contributed by atoms with Gasteiger partial charge >= 0.3 is 0 Å². The molecule has 6 nitrogen and oxygen atoms in total. The largest absolute Gasteiger partial charge is 0.355 e. The highest BCUT2D eigenvalue weighted by Crippen LogP contribution is 2.23. The molecule has 2 aromatic rings. The van der Waals surface area contributed by atoms with Crippen LogP contribution in [-0.2, 0) is 4.79 Å². The summed E-state index contributed by atoms with van der Waals surface area (Å²) < 4.78 is 0. The van der Waals surface area contributed by atoms with Gasteiger partial charge in [-0.15, -0.1) is 0 Å². The maximum absolute atomic E-state index is 12.7. The van der Waals surface area contributed by atoms with E-state index in [-0.39, 0.29) is 11.8 Å². The Balaban J connectivity index is 1.27. The molecule has 2 fully saturated rings. The van der Waals surface area contributed by atoms with Gasteiger partial charge in [0.15, 0.2) is 0 Å². The lowest BCUT2D eigenvalue weighted by atomic mass is 9.97. The molecule has 1 aromatic carbocycles. The van der Waals surface area contributed by atoms with Crippen LogP contribution < -0.4 is 10.2 Å². The van der Waals surface area contributed by atoms with Crippen molar-refractivity contribution in [3.8, 4) is 11.1 Å². The molecule has 2 aliphatic rings. The minimum Gasteiger partial charge on any atom is -0.355 e. The average Bonchev–Trinajstić information content (AvgIpc) is 3.09. The fraction of sp³-hybridized carbons (Fsp3) is 0.542. The van der Waals surface area contributed by atoms with Crippen molar-refractivity contribution in [2.45, 2.75) is 38.5 Å². The fourth-order valence-corrected chi connectivity index (χ4v) is 4.48. The summed E-state index contributed by atoms with van der Waals surface area (Å²) >= 11 is 0. The molecule has 0 saturated carbocycles. The molecule has 0 bridgehead atoms. The number of piperidine rings is 1. The molecule has 1 atom stereocenters. The number of aromatic nitrogens is 2. The Morgan fingerprint density at radius 1 is 0.933 bits per heavy atom. The van der Waals surface area contributed by atoms with Crippen LogP contribution in [-0.4, -0.2) is 60.0 Å². The number of nitrogens with zero attached hydrogens (tertiary/aromatic N) is 4. The first-order valence-corrected chi connectivity index (χ1v) is 11.4. The molecule has 0 radical (unpaired) electrons. The number of hydrogen-bond donors (Lipinski definition) is 1. The van der Waals surface area contributed by atoms with Crippen LogP contribution in [0.2, 0.25) is 0 Å². The molecule has 2 saturated heterocycles. The summed E-state index contributed by atoms with van der Waals surface area (Å²) in [6, 6.07) is 10.2. The molecule has 6 heteroatoms. The van der Waals surface area contributed by atoms with Crippen LogP contribution in [0.3, 0.4) is 0 Å². The Labute approximate surface area is 179 Å². The number of nitrogens with one attached hydrogen (secondary N) is 1. The van der Waals surface area contributed by atoms with Gasteiger partial charge in [0.05, 0.1) is 5.92 Å². The van der Waals surface area contributed by atoms with E-state index in [2.05, 4.69) is 37.2 Å². The molecule has 1 N–H and O–H groups in total. The van der Waals surface area contributed by atoms with Crippen LogP contribution in [0.25, 0.3) is 11.1 Å². The summed E-state index contributed by atoms with van der Waals surface area (Å²) in [4.78, 5) is 26.5. The van der Waals surface area contributed by atoms with Crippen LogP contribution in [0, 0.1) is 5.92 Å². The fourth-order valence-electron chi connectivity index (χ4n) is 4.48. The molecule has 2 aliphatic heterocycles. The summed E-state index contributed by atoms with van der Waals surface area (Å²) in [6.07, 6.45) is 10.9. The summed E-state index contributed by atoms with van der Waals surface area (Å²) in [5, 5.41) is 3.17. The van der Waals surface area contributed by atoms with E-state index >= 15 is 0 Å². The second kappa shape index (κ2) is 10.5. The summed E-state index contributed by atoms with van der Waals surface area (Å²) in [5.74, 6) is 0.910. The SMILES string of the molecule is O=C(NCCN1CCCCCC1)C1CCCN(c2ncc(-c3ccccc3)cn2)C1. The van der Waals surface area contributed by atoms with Crippen molar-refractivity contribution in [1.29, 1.82) is 0 Å². The number of likely N-dealkylation sites (tertiary alicyclic amines) is 1. The number of amides is 1. The van der Waals surface area contributed by atoms with E-state index < -0.39 is 0 Å². The second-order valence-corrected chi connectivity index (χ2v) is 8.47. The number of hydrogen-bond acceptors (Lipinski definition) is 5. The van der Waals surface area contributed by atoms with Gasteiger partial charge in [0.2, 0.25) is 11.9 Å². The van der Waals surface area contributed by atoms with Crippen LogP contribution in [0.5, 0.6) is 0 Å². The third-order valence-electron chi connectivity index (χ3n) is 6.25. The topological polar surface area (TPSA) is 61.4 Å². The van der Waals surface area contributed by atoms with Crippen molar-refractivity contribution < 1.29 is 4.79 Å². The monoisotopic (exact) mass is 407 g/mol. The number of anilines is 1. The maximum atomic E-state index is 12.7. The van der Waals surface area contributed by atoms with E-state index in [9.17, 15) is 4.79 Å². The second-order valence-electron chi connectivity index (χ2n) is 8.47. The summed E-state index contributed by atoms with van der Waals surface area (Å²) in [7, 11) is 0. The lowest BCUT2D eigenvalue weighted by molar-refractivity contribution is -0.125. The van der Waals surface area contributed by atoms with Crippen LogP contribution in [0.4, 0.5) is 5.95 Å². The lowest BCUT2D eigenvalue weighted by Crippen LogP contribution is -2.45. The Morgan fingerprint density at radius 2 is 1.67 bits per heavy atom. The highest BCUT2D eigenvalue weighted by atomic mass is 16.1. The maximum Gasteiger partial charge on any atom is 0.225 e. The minimum absolute atomic E-state index is 0.0142. The molecule has 1 unspecified atom stereocenters. The van der Waals surface area contributed by atoms with Gasteiger partial charge in [-0.25, -0.2) is 9.97 Å². The van der Waals surface area contributed by atoms with Gasteiger partial charge in [0, 0.05) is 44.1 Å². The molecule has 0 spiro atoms. The molecule has 160 valence electrons. The van der Waals surface area contributed by atoms with Gasteiger partial charge in [-0.05, 0) is 44.3 Å². The molecule has 3 heterocycles. The van der Waals surface area contributed by atoms with Crippen molar-refractivity contribution in [1.82, 2.24) is 20.2 Å². The van der Waals surface area contributed by atoms with Crippen molar-refractivity contribution in [3.05, 3.63) is 42.7 Å². The van der Waals surface area contributed by atoms with E-state index in [1.54, 1.807) is 0 Å². The quantitative estimate of drug-likeness (QED) is 0.796. The zero-order valence-corrected chi connectivity index (χ0v) is 17.8. The zero-order chi connectivity index (χ0) is 20.6. The zero-order valence-electron chi connectivity index (χ0n) is 17.8. The van der Waals surface area contributed by atoms with Gasteiger partial charge in [-0.3, -0.25) is 4.79 Å². The molecular formula is C24H33N5O. The minimum atomic E-state index is 0.0142. The van der Waals surface area contributed by atoms with Crippen molar-refractivity contribution in [2.24, 2.45) is 5.92 Å². The van der Waals surface area contributed by atoms with E-state index in [1.807, 2.05) is 30.6 Å². The molecule has 0 aliphatic carbocycles. The van der Waals surface area contributed by atoms with E-state index in [0.29, 0.717) is 6.54 Å². The summed E-state index contributed by atoms with van der Waals surface area (Å²) in [5.41, 5.74) is 2.13. The first-order chi connectivity index (χ1) is 14.8. The Hall–Kier alpha value is -2.47. The predicted octanol–water partition coefficient (Wildman–Crippen LogP) is 3.35. The van der Waals surface area contributed by atoms with Gasteiger partial charge in [0.25, 0.3) is 0 Å². The third-order valence-corrected chi connectivity index (χ3v) is 6.25. The highest BCUT2D eigenvalue weighted by molar-refractivity contribution is 5.79. The third kappa shape index (κ3) is 5.57. The van der Waals surface area contributed by atoms with Crippen LogP contribution in [0.1, 0.15) is 38.5 Å². The van der Waals surface area contributed by atoms with Crippen LogP contribution >= 0.6 is 0 Å². The van der Waals surface area contributed by atoms with Crippen molar-refractivity contribution in [2.75, 3.05) is 44.2 Å². The Bertz CT molecular complexity index is 787. The van der Waals surface area contributed by atoms with Gasteiger partial charge < -0.3 is 15.1 Å². The number of carbonyl (C=O) groups is 1. The van der Waals surface area contributed by atoms with Gasteiger partial charge in [0.1, 0.15) is 0 Å². The van der Waals surface area contributed by atoms with Gasteiger partial charge in [-0.1, -0.05) is 43.2 Å². The number of carbonyl (C=O) groups excluding carboxylic acids is 1. The Morgan fingerprint density at radius 3 is 2.40 bits per heavy atom. The first-order valence-electron chi connectivity index (χ1n) is 11.4.